The number of alkyl halides is 1. The van der Waals surface area contributed by atoms with Crippen molar-refractivity contribution in [2.45, 2.75) is 69.6 Å². The molecular formula is C48H49Cl2FN8O6S. The van der Waals surface area contributed by atoms with Crippen LogP contribution in [0.25, 0.3) is 22.2 Å². The number of imide groups is 1. The largest absolute Gasteiger partial charge is 0.372 e. The van der Waals surface area contributed by atoms with E-state index in [0.29, 0.717) is 41.4 Å². The Morgan fingerprint density at radius 1 is 0.879 bits per heavy atom. The highest BCUT2D eigenvalue weighted by Gasteiger charge is 2.40. The van der Waals surface area contributed by atoms with E-state index in [2.05, 4.69) is 66.2 Å². The zero-order valence-corrected chi connectivity index (χ0v) is 38.4. The summed E-state index contributed by atoms with van der Waals surface area (Å²) >= 11 is 13.2. The van der Waals surface area contributed by atoms with Crippen LogP contribution in [0.5, 0.6) is 0 Å². The number of likely N-dealkylation sites (tertiary alicyclic amines) is 1. The van der Waals surface area contributed by atoms with Crippen LogP contribution in [-0.4, -0.2) is 114 Å². The molecule has 0 radical (unpaired) electrons. The number of benzene rings is 3. The lowest BCUT2D eigenvalue weighted by Crippen LogP contribution is -2.52. The fourth-order valence-corrected chi connectivity index (χ4v) is 12.3. The predicted octanol–water partition coefficient (Wildman–Crippen LogP) is 7.33. The van der Waals surface area contributed by atoms with Crippen molar-refractivity contribution in [3.8, 4) is 11.1 Å². The van der Waals surface area contributed by atoms with E-state index in [4.69, 9.17) is 23.2 Å². The van der Waals surface area contributed by atoms with Gasteiger partial charge >= 0.3 is 10.2 Å². The fraction of sp³-hybridized carbons (Fsp3) is 0.396. The molecule has 2 atom stereocenters. The van der Waals surface area contributed by atoms with E-state index in [-0.39, 0.29) is 70.5 Å². The quantitative estimate of drug-likeness (QED) is 0.0908. The number of amides is 3. The molecule has 0 saturated carbocycles. The van der Waals surface area contributed by atoms with E-state index in [9.17, 15) is 32.0 Å². The number of H-pyrrole nitrogens is 1. The molecule has 3 N–H and O–H groups in total. The van der Waals surface area contributed by atoms with E-state index in [1.165, 1.54) is 23.9 Å². The van der Waals surface area contributed by atoms with E-state index in [1.807, 2.05) is 12.1 Å². The van der Waals surface area contributed by atoms with Gasteiger partial charge in [0.2, 0.25) is 11.8 Å². The summed E-state index contributed by atoms with van der Waals surface area (Å²) in [6, 6.07) is 18.6. The average Bonchev–Trinajstić information content (AvgIpc) is 4.04. The fourth-order valence-electron chi connectivity index (χ4n) is 10.3. The van der Waals surface area contributed by atoms with Crippen molar-refractivity contribution in [1.29, 1.82) is 0 Å². The molecule has 5 aromatic rings. The molecule has 3 aromatic carbocycles. The smallest absolute Gasteiger partial charge is 0.301 e. The molecule has 0 bridgehead atoms. The van der Waals surface area contributed by atoms with Crippen LogP contribution in [0, 0.1) is 5.92 Å². The Kier molecular flexibility index (Phi) is 12.1. The summed E-state index contributed by atoms with van der Waals surface area (Å²) in [5.41, 5.74) is 6.42. The molecule has 0 aliphatic carbocycles. The van der Waals surface area contributed by atoms with E-state index in [1.54, 1.807) is 11.1 Å². The number of piperidine rings is 3. The Morgan fingerprint density at radius 2 is 1.65 bits per heavy atom. The lowest BCUT2D eigenvalue weighted by atomic mass is 9.87. The Morgan fingerprint density at radius 3 is 2.38 bits per heavy atom. The van der Waals surface area contributed by atoms with Crippen molar-refractivity contribution in [3.63, 3.8) is 0 Å². The van der Waals surface area contributed by atoms with Crippen LogP contribution < -0.4 is 14.9 Å². The number of anilines is 2. The highest BCUT2D eigenvalue weighted by atomic mass is 35.5. The number of aromatic nitrogens is 2. The third kappa shape index (κ3) is 8.69. The van der Waals surface area contributed by atoms with Gasteiger partial charge in [0.25, 0.3) is 5.91 Å². The molecule has 14 nitrogen and oxygen atoms in total. The SMILES string of the molecule is O=C1CC[C@H](N2Cc3cc(C4CCN(CC5CCN(c6ccc(-c7cnc8[nH]cc(C(=O)c9c(Cl)ccc(NS(=O)(=O)N%10CC[C@@H](F)C%10)c9Cl)c8c7)cc6)CC5)CC4)ccc3C2=O)C(=O)N1. The molecule has 0 spiro atoms. The van der Waals surface area contributed by atoms with Crippen molar-refractivity contribution < 1.29 is 32.0 Å². The Balaban J connectivity index is 0.730. The van der Waals surface area contributed by atoms with Crippen LogP contribution in [-0.2, 0) is 26.3 Å². The number of nitrogens with zero attached hydrogens (tertiary/aromatic N) is 5. The minimum Gasteiger partial charge on any atom is -0.372 e. The number of carbonyl (C=O) groups is 4. The lowest BCUT2D eigenvalue weighted by molar-refractivity contribution is -0.136. The van der Waals surface area contributed by atoms with Crippen molar-refractivity contribution in [2.24, 2.45) is 5.92 Å². The second-order valence-corrected chi connectivity index (χ2v) is 20.6. The first-order valence-electron chi connectivity index (χ1n) is 22.6. The van der Waals surface area contributed by atoms with Gasteiger partial charge in [-0.1, -0.05) is 47.5 Å². The second-order valence-electron chi connectivity index (χ2n) is 18.2. The Labute approximate surface area is 392 Å². The van der Waals surface area contributed by atoms with Crippen LogP contribution in [0.2, 0.25) is 10.0 Å². The van der Waals surface area contributed by atoms with Crippen molar-refractivity contribution in [1.82, 2.24) is 29.4 Å². The number of hydrogen-bond acceptors (Lipinski definition) is 9. The molecule has 66 heavy (non-hydrogen) atoms. The maximum Gasteiger partial charge on any atom is 0.301 e. The van der Waals surface area contributed by atoms with E-state index >= 15 is 0 Å². The predicted molar refractivity (Wildman–Crippen MR) is 251 cm³/mol. The van der Waals surface area contributed by atoms with Crippen molar-refractivity contribution in [2.75, 3.05) is 55.4 Å². The monoisotopic (exact) mass is 954 g/mol. The third-order valence-corrected chi connectivity index (χ3v) is 16.3. The molecule has 7 heterocycles. The van der Waals surface area contributed by atoms with Gasteiger partial charge in [-0.15, -0.1) is 0 Å². The number of hydrogen-bond donors (Lipinski definition) is 3. The summed E-state index contributed by atoms with van der Waals surface area (Å²) in [6.07, 6.45) is 7.08. The van der Waals surface area contributed by atoms with Gasteiger partial charge in [0, 0.05) is 85.8 Å². The van der Waals surface area contributed by atoms with Gasteiger partial charge in [-0.05, 0) is 117 Å². The molecule has 4 saturated heterocycles. The van der Waals surface area contributed by atoms with E-state index in [0.717, 1.165) is 85.1 Å². The summed E-state index contributed by atoms with van der Waals surface area (Å²) in [5.74, 6) is -0.274. The normalized spacial score (nSPS) is 21.5. The molecule has 2 aromatic heterocycles. The average molecular weight is 956 g/mol. The zero-order valence-electron chi connectivity index (χ0n) is 36.1. The molecule has 4 fully saturated rings. The molecule has 18 heteroatoms. The number of pyridine rings is 1. The van der Waals surface area contributed by atoms with Gasteiger partial charge in [-0.25, -0.2) is 9.37 Å². The van der Waals surface area contributed by atoms with E-state index < -0.39 is 28.2 Å². The molecule has 3 amide bonds. The number of fused-ring (bicyclic) bond motifs is 2. The highest BCUT2D eigenvalue weighted by Crippen LogP contribution is 2.38. The number of rotatable bonds is 11. The van der Waals surface area contributed by atoms with Gasteiger partial charge in [0.05, 0.1) is 21.3 Å². The Bertz CT molecular complexity index is 2860. The number of nitrogens with one attached hydrogen (secondary N) is 3. The maximum absolute atomic E-state index is 14.1. The van der Waals surface area contributed by atoms with Crippen molar-refractivity contribution >= 4 is 79.3 Å². The van der Waals surface area contributed by atoms with Gasteiger partial charge in [-0.2, -0.15) is 12.7 Å². The standard InChI is InChI=1S/C48H49Cl2FN8O6S/c49-39-7-8-40(55-66(64,65)58-20-15-34(51)27-58)44(50)43(39)45(61)38-24-53-46-37(38)22-32(23-52-46)29-1-4-35(5-2-29)57-18-11-28(12-19-57)25-56-16-13-30(14-17-56)31-3-6-36-33(21-31)26-59(48(36)63)41-9-10-42(60)54-47(41)62/h1-8,21-24,28,30,34,41,55H,9-20,25-27H2,(H,52,53)(H,54,60,62)/t34-,41+/m1/s1. The molecule has 5 aliphatic rings. The highest BCUT2D eigenvalue weighted by molar-refractivity contribution is 7.90. The van der Waals surface area contributed by atoms with Gasteiger partial charge in [-0.3, -0.25) is 29.2 Å². The zero-order chi connectivity index (χ0) is 45.9. The maximum atomic E-state index is 14.1. The number of carbonyl (C=O) groups excluding carboxylic acids is 4. The minimum absolute atomic E-state index is 0.0346. The Hall–Kier alpha value is -5.39. The summed E-state index contributed by atoms with van der Waals surface area (Å²) in [6.45, 7) is 5.26. The second kappa shape index (κ2) is 18.0. The summed E-state index contributed by atoms with van der Waals surface area (Å²) in [4.78, 5) is 65.7. The first kappa shape index (κ1) is 44.4. The van der Waals surface area contributed by atoms with Gasteiger partial charge in [0.1, 0.15) is 17.9 Å². The minimum atomic E-state index is -4.12. The van der Waals surface area contributed by atoms with Crippen molar-refractivity contribution in [3.05, 3.63) is 111 Å². The van der Waals surface area contributed by atoms with Crippen LogP contribution in [0.1, 0.15) is 88.3 Å². The summed E-state index contributed by atoms with van der Waals surface area (Å²) < 4.78 is 43.2. The lowest BCUT2D eigenvalue weighted by Gasteiger charge is -2.38. The number of halogens is 3. The molecule has 10 rings (SSSR count). The third-order valence-electron chi connectivity index (χ3n) is 14.1. The molecule has 5 aliphatic heterocycles. The summed E-state index contributed by atoms with van der Waals surface area (Å²) in [5, 5.41) is 2.82. The topological polar surface area (TPSA) is 168 Å². The van der Waals surface area contributed by atoms with Gasteiger partial charge in [0.15, 0.2) is 5.78 Å². The first-order chi connectivity index (χ1) is 31.8. The first-order valence-corrected chi connectivity index (χ1v) is 24.8. The number of ketones is 1. The molecular weight excluding hydrogens is 907 g/mol. The number of aromatic amines is 1. The van der Waals surface area contributed by atoms with Crippen LogP contribution >= 0.6 is 23.2 Å². The van der Waals surface area contributed by atoms with Crippen LogP contribution in [0.4, 0.5) is 15.8 Å². The van der Waals surface area contributed by atoms with Crippen LogP contribution in [0.15, 0.2) is 73.1 Å². The summed E-state index contributed by atoms with van der Waals surface area (Å²) in [7, 11) is -4.12. The molecule has 0 unspecified atom stereocenters. The van der Waals surface area contributed by atoms with Crippen LogP contribution in [0.3, 0.4) is 0 Å². The van der Waals surface area contributed by atoms with Gasteiger partial charge < -0.3 is 19.7 Å². The molecule has 344 valence electrons.